The van der Waals surface area contributed by atoms with E-state index in [4.69, 9.17) is 33.7 Å². The van der Waals surface area contributed by atoms with Crippen molar-refractivity contribution in [2.24, 2.45) is 39.6 Å². The van der Waals surface area contributed by atoms with Crippen molar-refractivity contribution in [3.8, 4) is 17.2 Å². The van der Waals surface area contributed by atoms with Crippen molar-refractivity contribution >= 4 is 34.6 Å². The molecule has 2 aromatic rings. The highest BCUT2D eigenvalue weighted by molar-refractivity contribution is 6.19. The van der Waals surface area contributed by atoms with E-state index in [9.17, 15) is 29.7 Å². The van der Waals surface area contributed by atoms with E-state index < -0.39 is 59.0 Å². The zero-order valence-electron chi connectivity index (χ0n) is 44.4. The molecule has 1 amide bonds. The van der Waals surface area contributed by atoms with E-state index in [1.54, 1.807) is 32.1 Å². The highest BCUT2D eigenvalue weighted by Crippen LogP contribution is 2.50. The van der Waals surface area contributed by atoms with Crippen molar-refractivity contribution in [2.45, 2.75) is 130 Å². The molecule has 1 spiro atoms. The Morgan fingerprint density at radius 1 is 0.931 bits per heavy atom. The summed E-state index contributed by atoms with van der Waals surface area (Å²) in [5.74, 6) is -4.42. The maximum Gasteiger partial charge on any atom is 0.312 e. The number of phenols is 2. The molecule has 8 atom stereocenters. The van der Waals surface area contributed by atoms with Crippen LogP contribution < -0.4 is 20.8 Å². The fourth-order valence-corrected chi connectivity index (χ4v) is 11.4. The van der Waals surface area contributed by atoms with Gasteiger partial charge in [-0.05, 0) is 64.0 Å². The molecule has 72 heavy (non-hydrogen) atoms. The number of hydrogen-bond donors (Lipinski definition) is 4. The number of Topliss-reactive ketones (excluding diaryl/α,β-unsaturated/α-hetero) is 1. The van der Waals surface area contributed by atoms with Crippen LogP contribution in [0.25, 0.3) is 10.8 Å². The third-order valence-electron chi connectivity index (χ3n) is 15.8. The molecule has 0 radical (unpaired) electrons. The van der Waals surface area contributed by atoms with Crippen molar-refractivity contribution in [3.05, 3.63) is 58.0 Å². The van der Waals surface area contributed by atoms with Gasteiger partial charge in [-0.15, -0.1) is 0 Å². The van der Waals surface area contributed by atoms with E-state index in [-0.39, 0.29) is 61.6 Å². The number of benzene rings is 2. The third kappa shape index (κ3) is 11.6. The van der Waals surface area contributed by atoms with Crippen molar-refractivity contribution in [1.82, 2.24) is 14.7 Å². The molecular weight excluding hydrogens is 921 g/mol. The van der Waals surface area contributed by atoms with Crippen molar-refractivity contribution < 1.29 is 53.4 Å². The Labute approximate surface area is 424 Å². The minimum atomic E-state index is -1.92. The molecule has 4 bridgehead atoms. The number of allylic oxidation sites excluding steroid dienone is 3. The number of phenolic OH excluding ortho intramolecular Hbond substituents is 2. The Bertz CT molecular complexity index is 2520. The number of aromatic hydroxyl groups is 2. The lowest BCUT2D eigenvalue weighted by atomic mass is 9.79. The van der Waals surface area contributed by atoms with Crippen molar-refractivity contribution in [2.75, 3.05) is 78.5 Å². The summed E-state index contributed by atoms with van der Waals surface area (Å²) in [6, 6.07) is 0.808. The first kappa shape index (κ1) is 54.9. The number of amides is 1. The number of piperidine rings is 1. The summed E-state index contributed by atoms with van der Waals surface area (Å²) in [4.78, 5) is 58.0. The molecule has 0 aromatic heterocycles. The van der Waals surface area contributed by atoms with Crippen LogP contribution in [0.15, 0.2) is 46.1 Å². The van der Waals surface area contributed by atoms with E-state index in [2.05, 4.69) is 40.9 Å². The summed E-state index contributed by atoms with van der Waals surface area (Å²) >= 11 is 0. The Kier molecular flexibility index (Phi) is 17.6. The molecule has 8 rings (SSSR count). The van der Waals surface area contributed by atoms with E-state index in [1.807, 2.05) is 33.8 Å². The number of aliphatic hydroxyl groups is 1. The topological polar surface area (TPSA) is 205 Å². The van der Waals surface area contributed by atoms with Gasteiger partial charge in [0.15, 0.2) is 11.4 Å². The van der Waals surface area contributed by atoms with Crippen LogP contribution in [-0.4, -0.2) is 157 Å². The molecule has 6 heterocycles. The van der Waals surface area contributed by atoms with Gasteiger partial charge >= 0.3 is 5.79 Å². The van der Waals surface area contributed by atoms with Crippen LogP contribution in [0.1, 0.15) is 103 Å². The third-order valence-corrected chi connectivity index (χ3v) is 15.8. The largest absolute Gasteiger partial charge is 0.507 e. The smallest absolute Gasteiger partial charge is 0.312 e. The molecule has 3 saturated heterocycles. The van der Waals surface area contributed by atoms with Gasteiger partial charge in [0.1, 0.15) is 28.6 Å². The Morgan fingerprint density at radius 2 is 1.60 bits per heavy atom. The lowest BCUT2D eigenvalue weighted by Crippen LogP contribution is -2.50. The highest BCUT2D eigenvalue weighted by atomic mass is 16.7. The minimum Gasteiger partial charge on any atom is -0.507 e. The average molecular weight is 1000 g/mol. The quantitative estimate of drug-likeness (QED) is 0.200. The molecule has 0 aliphatic carbocycles. The monoisotopic (exact) mass is 1000 g/mol. The van der Waals surface area contributed by atoms with E-state index in [0.717, 1.165) is 38.9 Å². The zero-order chi connectivity index (χ0) is 52.2. The van der Waals surface area contributed by atoms with Gasteiger partial charge in [-0.25, -0.2) is 0 Å². The van der Waals surface area contributed by atoms with Gasteiger partial charge in [-0.1, -0.05) is 59.8 Å². The molecule has 4 unspecified atom stereocenters. The van der Waals surface area contributed by atoms with Crippen molar-refractivity contribution in [3.63, 3.8) is 0 Å². The average Bonchev–Trinajstić information content (AvgIpc) is 3.86. The molecule has 4 N–H and O–H groups in total. The number of rotatable bonds is 6. The standard InChI is InChI=1S/C45H60N4O10.C10H20N2O/c1-23(2)21-49-17-15-45(16-18-49)47-34-31-32-38(52)29(8)41-33(31)42(54)44(9,59-41)58-19-14-30(56-10)27(6)40(57-22-50)28(7)37(51)26(5)20-24(3)12-11-13-25(4)43(55)46-36(39(32)53)35(34)48-45;1-11-4-6-12(7-5-11)10-2-8-13-9-3-10/h11-14,19,22-24,26-28,30,37,40,51-53H,15-18,20-21H2,1-10H3,(H,46,55);10H,2-9H2,1H3/b12-11+,19-14+,25-13-;/t24?,26-,27-,28-,30+,37?,40?,44?;/m1./s1. The number of anilines is 1. The summed E-state index contributed by atoms with van der Waals surface area (Å²) < 4.78 is 29.1. The first-order valence-electron chi connectivity index (χ1n) is 26.0. The normalized spacial score (nSPS) is 31.6. The van der Waals surface area contributed by atoms with Crippen LogP contribution in [0.3, 0.4) is 0 Å². The second-order valence-electron chi connectivity index (χ2n) is 21.7. The fourth-order valence-electron chi connectivity index (χ4n) is 11.4. The number of hydrogen-bond acceptors (Lipinski definition) is 16. The van der Waals surface area contributed by atoms with Gasteiger partial charge in [-0.3, -0.25) is 29.3 Å². The number of piperazine rings is 1. The Hall–Kier alpha value is -4.91. The highest BCUT2D eigenvalue weighted by Gasteiger charge is 2.50. The predicted molar refractivity (Wildman–Crippen MR) is 275 cm³/mol. The van der Waals surface area contributed by atoms with E-state index in [0.29, 0.717) is 37.2 Å². The number of fused-ring (bicyclic) bond motifs is 1. The summed E-state index contributed by atoms with van der Waals surface area (Å²) in [5.41, 5.74) is -0.378. The number of methoxy groups -OCH3 is 1. The number of likely N-dealkylation sites (tertiary alicyclic amines) is 1. The van der Waals surface area contributed by atoms with Gasteiger partial charge in [0, 0.05) is 120 Å². The minimum absolute atomic E-state index is 0.00884. The van der Waals surface area contributed by atoms with Gasteiger partial charge in [-0.2, -0.15) is 0 Å². The number of ketones is 1. The molecule has 6 aliphatic heterocycles. The summed E-state index contributed by atoms with van der Waals surface area (Å²) in [7, 11) is 3.71. The Balaban J connectivity index is 0.000000503. The van der Waals surface area contributed by atoms with Gasteiger partial charge in [0.2, 0.25) is 0 Å². The molecule has 0 saturated carbocycles. The van der Waals surface area contributed by atoms with Crippen LogP contribution in [0, 0.1) is 36.5 Å². The van der Waals surface area contributed by atoms with Crippen LogP contribution in [0.4, 0.5) is 5.69 Å². The first-order chi connectivity index (χ1) is 34.2. The van der Waals surface area contributed by atoms with Crippen LogP contribution in [-0.2, 0) is 28.5 Å². The Morgan fingerprint density at radius 3 is 2.24 bits per heavy atom. The number of carbonyl (C=O) groups is 3. The SMILES string of the molecule is CN1CCN(C2CCOCC2)CC1.CO[C@H]1/C=C/OC2(C)Oc3c(C)c(O)c4c(O)c(c5c(c4c3C2=O)=NC2(CCN(CC(C)C)CC2)N=5)NC(=O)/C(C)=C\C=C\C(C)C[C@@H](C)C(O)[C@@H](C)C(OC=O)[C@@H]1C. The van der Waals surface area contributed by atoms with Crippen LogP contribution in [0.5, 0.6) is 17.2 Å². The molecular formula is C55H80N6O11. The molecule has 3 fully saturated rings. The fraction of sp³-hybridized carbons (Fsp3) is 0.655. The number of aliphatic hydroxyl groups excluding tert-OH is 1. The number of carbonyl (C=O) groups excluding carboxylic acids is 3. The lowest BCUT2D eigenvalue weighted by molar-refractivity contribution is -0.146. The van der Waals surface area contributed by atoms with Crippen LogP contribution in [0.2, 0.25) is 0 Å². The molecule has 6 aliphatic rings. The molecule has 17 heteroatoms. The second kappa shape index (κ2) is 23.1. The molecule has 17 nitrogen and oxygen atoms in total. The predicted octanol–water partition coefficient (Wildman–Crippen LogP) is 5.80. The van der Waals surface area contributed by atoms with E-state index in [1.165, 1.54) is 59.3 Å². The lowest BCUT2D eigenvalue weighted by Gasteiger charge is -2.39. The number of nitrogens with one attached hydrogen (secondary N) is 1. The van der Waals surface area contributed by atoms with Gasteiger partial charge in [0.05, 0.1) is 34.8 Å². The molecule has 2 aromatic carbocycles. The summed E-state index contributed by atoms with van der Waals surface area (Å²) in [6.07, 6.45) is 10.2. The van der Waals surface area contributed by atoms with Crippen LogP contribution >= 0.6 is 0 Å². The summed E-state index contributed by atoms with van der Waals surface area (Å²) in [5, 5.41) is 38.8. The van der Waals surface area contributed by atoms with Gasteiger partial charge < -0.3 is 54.1 Å². The molecule has 396 valence electrons. The maximum absolute atomic E-state index is 14.7. The summed E-state index contributed by atoms with van der Waals surface area (Å²) in [6.45, 7) is 26.3. The maximum atomic E-state index is 14.7. The van der Waals surface area contributed by atoms with E-state index >= 15 is 0 Å². The number of ether oxygens (including phenoxy) is 5. The first-order valence-corrected chi connectivity index (χ1v) is 26.0. The van der Waals surface area contributed by atoms with Crippen molar-refractivity contribution in [1.29, 1.82) is 0 Å². The number of nitrogens with zero attached hydrogens (tertiary/aromatic N) is 5. The van der Waals surface area contributed by atoms with Gasteiger partial charge in [0.25, 0.3) is 18.2 Å². The zero-order valence-corrected chi connectivity index (χ0v) is 44.4. The second-order valence-corrected chi connectivity index (χ2v) is 21.7. The number of likely N-dealkylation sites (N-methyl/N-ethyl adjacent to an activating group) is 1.